The standard InChI is InChI=1S/C4H7NO2S.Cu/c6-4(7)3-1-8-2-5-3;/h3,5H,1-2H2,(H,6,7);. The molecule has 1 rings (SSSR count). The maximum Gasteiger partial charge on any atom is 0.321 e. The first kappa shape index (κ1) is 9.30. The van der Waals surface area contributed by atoms with Crippen LogP contribution in [-0.4, -0.2) is 28.7 Å². The molecule has 1 saturated heterocycles. The van der Waals surface area contributed by atoms with Gasteiger partial charge < -0.3 is 5.11 Å². The van der Waals surface area contributed by atoms with E-state index in [2.05, 4.69) is 5.32 Å². The third kappa shape index (κ3) is 2.58. The molecule has 3 nitrogen and oxygen atoms in total. The third-order valence-electron chi connectivity index (χ3n) is 1.01. The van der Waals surface area contributed by atoms with Crippen LogP contribution in [0.4, 0.5) is 0 Å². The summed E-state index contributed by atoms with van der Waals surface area (Å²) in [7, 11) is 0. The monoisotopic (exact) mass is 196 g/mol. The third-order valence-corrected chi connectivity index (χ3v) is 1.95. The Balaban J connectivity index is 0.000000640. The van der Waals surface area contributed by atoms with Crippen molar-refractivity contribution < 1.29 is 27.0 Å². The molecule has 0 aliphatic carbocycles. The minimum absolute atomic E-state index is 0. The average molecular weight is 197 g/mol. The van der Waals surface area contributed by atoms with E-state index in [-0.39, 0.29) is 23.1 Å². The fourth-order valence-electron chi connectivity index (χ4n) is 0.554. The van der Waals surface area contributed by atoms with Crippen LogP contribution in [-0.2, 0) is 21.9 Å². The minimum atomic E-state index is -0.741. The average Bonchev–Trinajstić information content (AvgIpc) is 2.12. The second-order valence-corrected chi connectivity index (χ2v) is 2.64. The van der Waals surface area contributed by atoms with Gasteiger partial charge >= 0.3 is 5.97 Å². The Kier molecular flexibility index (Phi) is 4.31. The first-order chi connectivity index (χ1) is 3.80. The van der Waals surface area contributed by atoms with Crippen LogP contribution in [0, 0.1) is 0 Å². The van der Waals surface area contributed by atoms with Crippen molar-refractivity contribution in [2.75, 3.05) is 11.6 Å². The molecule has 1 heterocycles. The Morgan fingerprint density at radius 2 is 2.44 bits per heavy atom. The van der Waals surface area contributed by atoms with Gasteiger partial charge in [-0.15, -0.1) is 11.8 Å². The van der Waals surface area contributed by atoms with Gasteiger partial charge in [0, 0.05) is 28.7 Å². The molecule has 0 amide bonds. The molecule has 0 saturated carbocycles. The molecule has 1 unspecified atom stereocenters. The van der Waals surface area contributed by atoms with Crippen LogP contribution < -0.4 is 5.32 Å². The van der Waals surface area contributed by atoms with E-state index in [1.165, 1.54) is 0 Å². The molecule has 0 aromatic rings. The maximum atomic E-state index is 10.1. The van der Waals surface area contributed by atoms with Crippen molar-refractivity contribution in [3.8, 4) is 0 Å². The zero-order valence-corrected chi connectivity index (χ0v) is 6.31. The molecule has 1 aliphatic heterocycles. The summed E-state index contributed by atoms with van der Waals surface area (Å²) in [6, 6.07) is -0.306. The van der Waals surface area contributed by atoms with E-state index in [4.69, 9.17) is 5.11 Å². The first-order valence-corrected chi connectivity index (χ1v) is 3.50. The van der Waals surface area contributed by atoms with E-state index in [0.29, 0.717) is 5.75 Å². The fraction of sp³-hybridized carbons (Fsp3) is 0.750. The molecule has 0 bridgehead atoms. The topological polar surface area (TPSA) is 49.3 Å². The van der Waals surface area contributed by atoms with Gasteiger partial charge in [0.05, 0.1) is 0 Å². The van der Waals surface area contributed by atoms with Gasteiger partial charge in [-0.05, 0) is 0 Å². The Bertz CT molecular complexity index is 105. The Morgan fingerprint density at radius 3 is 2.67 bits per heavy atom. The second kappa shape index (κ2) is 4.17. The van der Waals surface area contributed by atoms with Gasteiger partial charge in [0.25, 0.3) is 0 Å². The zero-order chi connectivity index (χ0) is 5.98. The maximum absolute atomic E-state index is 10.1. The molecule has 0 aromatic carbocycles. The van der Waals surface area contributed by atoms with Gasteiger partial charge in [-0.25, -0.2) is 0 Å². The van der Waals surface area contributed by atoms with Gasteiger partial charge in [-0.1, -0.05) is 0 Å². The zero-order valence-electron chi connectivity index (χ0n) is 4.56. The molecule has 1 fully saturated rings. The second-order valence-electron chi connectivity index (χ2n) is 1.61. The first-order valence-electron chi connectivity index (χ1n) is 2.34. The summed E-state index contributed by atoms with van der Waals surface area (Å²) in [4.78, 5) is 10.1. The van der Waals surface area contributed by atoms with Gasteiger partial charge in [0.2, 0.25) is 0 Å². The summed E-state index contributed by atoms with van der Waals surface area (Å²) in [5.74, 6) is 0.738. The molecule has 0 aromatic heterocycles. The number of thioether (sulfide) groups is 1. The summed E-state index contributed by atoms with van der Waals surface area (Å²) in [5, 5.41) is 11.2. The normalized spacial score (nSPS) is 25.1. The summed E-state index contributed by atoms with van der Waals surface area (Å²) in [6.07, 6.45) is 0. The predicted octanol–water partition coefficient (Wildman–Crippen LogP) is -0.269. The molecular formula is C4H7CuNO2S. The van der Waals surface area contributed by atoms with Gasteiger partial charge in [-0.3, -0.25) is 10.1 Å². The van der Waals surface area contributed by atoms with Crippen molar-refractivity contribution in [3.63, 3.8) is 0 Å². The van der Waals surface area contributed by atoms with Gasteiger partial charge in [0.15, 0.2) is 0 Å². The number of carboxylic acids is 1. The fourth-order valence-corrected chi connectivity index (χ4v) is 1.49. The summed E-state index contributed by atoms with van der Waals surface area (Å²) in [5.41, 5.74) is 0. The largest absolute Gasteiger partial charge is 0.480 e. The number of carboxylic acid groups (broad SMARTS) is 1. The van der Waals surface area contributed by atoms with Crippen LogP contribution in [0.2, 0.25) is 0 Å². The van der Waals surface area contributed by atoms with Crippen LogP contribution in [0.15, 0.2) is 0 Å². The van der Waals surface area contributed by atoms with Crippen molar-refractivity contribution in [2.45, 2.75) is 6.04 Å². The molecule has 5 heteroatoms. The quantitative estimate of drug-likeness (QED) is 0.567. The van der Waals surface area contributed by atoms with Crippen LogP contribution in [0.1, 0.15) is 0 Å². The van der Waals surface area contributed by atoms with Crippen molar-refractivity contribution >= 4 is 17.7 Å². The Morgan fingerprint density at radius 1 is 1.78 bits per heavy atom. The molecule has 1 atom stereocenters. The van der Waals surface area contributed by atoms with E-state index in [1.807, 2.05) is 0 Å². The van der Waals surface area contributed by atoms with Crippen LogP contribution in [0.5, 0.6) is 0 Å². The van der Waals surface area contributed by atoms with E-state index in [0.717, 1.165) is 5.88 Å². The number of nitrogens with one attached hydrogen (secondary N) is 1. The van der Waals surface area contributed by atoms with E-state index in [9.17, 15) is 4.79 Å². The SMILES string of the molecule is O=C(O)C1CSCN1.[Cu]. The smallest absolute Gasteiger partial charge is 0.321 e. The number of hydrogen-bond donors (Lipinski definition) is 2. The number of rotatable bonds is 1. The molecule has 0 spiro atoms. The van der Waals surface area contributed by atoms with Gasteiger partial charge in [-0.2, -0.15) is 0 Å². The van der Waals surface area contributed by atoms with Crippen molar-refractivity contribution in [3.05, 3.63) is 0 Å². The van der Waals surface area contributed by atoms with E-state index in [1.54, 1.807) is 11.8 Å². The van der Waals surface area contributed by atoms with Crippen molar-refractivity contribution in [1.82, 2.24) is 5.32 Å². The van der Waals surface area contributed by atoms with Crippen LogP contribution >= 0.6 is 11.8 Å². The van der Waals surface area contributed by atoms with E-state index >= 15 is 0 Å². The van der Waals surface area contributed by atoms with Crippen LogP contribution in [0.25, 0.3) is 0 Å². The summed E-state index contributed by atoms with van der Waals surface area (Å²) < 4.78 is 0. The minimum Gasteiger partial charge on any atom is -0.480 e. The summed E-state index contributed by atoms with van der Waals surface area (Å²) in [6.45, 7) is 0. The molecule has 57 valence electrons. The molecule has 2 N–H and O–H groups in total. The number of hydrogen-bond acceptors (Lipinski definition) is 3. The van der Waals surface area contributed by atoms with Crippen molar-refractivity contribution in [2.24, 2.45) is 0 Å². The Hall–Kier alpha value is 0.299. The predicted molar refractivity (Wildman–Crippen MR) is 31.9 cm³/mol. The Labute approximate surface area is 68.1 Å². The van der Waals surface area contributed by atoms with Gasteiger partial charge in [0.1, 0.15) is 6.04 Å². The molecule has 1 radical (unpaired) electrons. The van der Waals surface area contributed by atoms with E-state index < -0.39 is 5.97 Å². The van der Waals surface area contributed by atoms with Crippen molar-refractivity contribution in [1.29, 1.82) is 0 Å². The molecule has 9 heavy (non-hydrogen) atoms. The summed E-state index contributed by atoms with van der Waals surface area (Å²) >= 11 is 1.62. The van der Waals surface area contributed by atoms with Crippen LogP contribution in [0.3, 0.4) is 0 Å². The molecule has 1 aliphatic rings. The number of aliphatic carboxylic acids is 1. The number of carbonyl (C=O) groups is 1. The molecular weight excluding hydrogens is 190 g/mol.